The first-order valence-corrected chi connectivity index (χ1v) is 52.9. The summed E-state index contributed by atoms with van der Waals surface area (Å²) in [4.78, 5) is 0. The zero-order valence-corrected chi connectivity index (χ0v) is 82.6. The largest absolute Gasteiger partial charge is 0.455 e. The van der Waals surface area contributed by atoms with Crippen LogP contribution in [0.1, 0.15) is 0 Å². The van der Waals surface area contributed by atoms with Gasteiger partial charge in [0.2, 0.25) is 0 Å². The molecule has 0 amide bonds. The van der Waals surface area contributed by atoms with E-state index in [1.807, 2.05) is 59.1 Å². The van der Waals surface area contributed by atoms with Crippen LogP contribution in [0.25, 0.3) is 328 Å². The highest BCUT2D eigenvalue weighted by atomic mass is 32.1. The third-order valence-electron chi connectivity index (χ3n) is 31.4. The molecule has 24 aromatic carbocycles. The van der Waals surface area contributed by atoms with Gasteiger partial charge in [-0.2, -0.15) is 0 Å². The fourth-order valence-electron chi connectivity index (χ4n) is 24.5. The maximum atomic E-state index is 6.52. The standard InChI is InChI=1S/C48H28O2.2C48H28OS/c1-2-13-35-33(11-1)34-12-3-4-14-36(34)43-27-30(32-18-10-20-42-40-16-6-8-22-46(40)50-48(32)42)24-26-38(43)44-28-29(23-25-37(35)44)31-17-9-19-41-39-15-5-7-21-45(39)49-47(31)41;1-2-13-35-33(11-1)34-12-3-4-14-36(34)43-27-29(31-17-9-19-41-39-15-5-7-21-45(39)49-47(31)41)23-26-38(43)44-28-30(24-25-37(35)44)32-18-10-20-42-40-16-6-8-22-46(40)50-48(32)42;1-2-12-35-33(10-1)34-11-3-4-13-36(34)43-28-31(32-16-9-17-41-39-14-5-7-18-45(39)49-48(32)41)21-24-38(43)42-26-29(20-23-37(35)42)30-22-25-47-44(27-30)40-15-6-8-19-46(40)50-47/h3*1-28H. The minimum absolute atomic E-state index is 0.907. The number of hydrogen-bond acceptors (Lipinski definition) is 6. The molecule has 0 aliphatic heterocycles. The zero-order valence-electron chi connectivity index (χ0n) is 80.9. The molecule has 30 aromatic rings. The Hall–Kier alpha value is -19.1. The van der Waals surface area contributed by atoms with Gasteiger partial charge in [-0.1, -0.05) is 425 Å². The van der Waals surface area contributed by atoms with Crippen molar-refractivity contribution in [1.29, 1.82) is 0 Å². The number of fused-ring (bicyclic) bond motifs is 42. The van der Waals surface area contributed by atoms with Crippen molar-refractivity contribution in [2.45, 2.75) is 0 Å². The van der Waals surface area contributed by atoms with Gasteiger partial charge in [-0.05, 0) is 263 Å². The lowest BCUT2D eigenvalue weighted by molar-refractivity contribution is 0.669. The summed E-state index contributed by atoms with van der Waals surface area (Å²) < 4.78 is 31.4. The fraction of sp³-hybridized carbons (Fsp3) is 0. The second kappa shape index (κ2) is 34.3. The van der Waals surface area contributed by atoms with Gasteiger partial charge in [0, 0.05) is 106 Å². The summed E-state index contributed by atoms with van der Waals surface area (Å²) in [5.74, 6) is 0. The van der Waals surface area contributed by atoms with Crippen LogP contribution in [0, 0.1) is 0 Å². The molecular formula is C144H84O4S2. The van der Waals surface area contributed by atoms with E-state index in [1.54, 1.807) is 0 Å². The highest BCUT2D eigenvalue weighted by Gasteiger charge is 2.31. The van der Waals surface area contributed by atoms with Gasteiger partial charge < -0.3 is 17.7 Å². The normalized spacial score (nSPS) is 12.0. The van der Waals surface area contributed by atoms with Gasteiger partial charge in [0.15, 0.2) is 0 Å². The van der Waals surface area contributed by atoms with E-state index < -0.39 is 0 Å². The molecule has 3 aliphatic rings. The van der Waals surface area contributed by atoms with Crippen LogP contribution in [0.2, 0.25) is 0 Å². The van der Waals surface area contributed by atoms with Crippen molar-refractivity contribution in [3.8, 4) is 200 Å². The first-order valence-electron chi connectivity index (χ1n) is 51.3. The Morgan fingerprint density at radius 1 is 0.107 bits per heavy atom. The van der Waals surface area contributed by atoms with E-state index in [0.29, 0.717) is 0 Å². The van der Waals surface area contributed by atoms with Crippen molar-refractivity contribution in [2.24, 2.45) is 0 Å². The molecule has 0 fully saturated rings. The molecule has 4 nitrogen and oxygen atoms in total. The van der Waals surface area contributed by atoms with Crippen LogP contribution < -0.4 is 0 Å². The van der Waals surface area contributed by atoms with Gasteiger partial charge in [0.1, 0.15) is 44.7 Å². The first-order chi connectivity index (χ1) is 74.4. The smallest absolute Gasteiger partial charge is 0.143 e. The second-order valence-corrected chi connectivity index (χ2v) is 41.7. The Morgan fingerprint density at radius 3 is 0.620 bits per heavy atom. The van der Waals surface area contributed by atoms with E-state index >= 15 is 0 Å². The molecular weight excluding hydrogens is 1860 g/mol. The Bertz CT molecular complexity index is 10200. The zero-order chi connectivity index (χ0) is 98.3. The Balaban J connectivity index is 0.000000101. The summed E-state index contributed by atoms with van der Waals surface area (Å²) >= 11 is 3.75. The molecule has 0 N–H and O–H groups in total. The van der Waals surface area contributed by atoms with Gasteiger partial charge in [-0.15, -0.1) is 22.7 Å². The summed E-state index contributed by atoms with van der Waals surface area (Å²) in [5, 5.41) is 14.4. The second-order valence-electron chi connectivity index (χ2n) is 39.5. The Morgan fingerprint density at radius 2 is 0.300 bits per heavy atom. The van der Waals surface area contributed by atoms with Gasteiger partial charge in [-0.3, -0.25) is 0 Å². The van der Waals surface area contributed by atoms with Gasteiger partial charge in [0.05, 0.1) is 0 Å². The lowest BCUT2D eigenvalue weighted by Crippen LogP contribution is -1.98. The molecule has 6 heterocycles. The SMILES string of the molecule is c1ccc2c(c1)-c1ccccc1-c1cc(-c3cccc4c3oc3ccccc34)ccc1-c1cc(-c3ccc4sc5ccccc5c4c3)ccc1-2.c1ccc2c(c1)-c1ccccc1-c1cc(-c3cccc4c3oc3ccccc34)ccc1-c1cc(-c3cccc4c3oc3ccccc34)ccc1-2.c1ccc2c(c1)-c1ccccc1-c1cc(-c3cccc4c3oc3ccccc34)ccc1-c1cc(-c3cccc4c3sc3ccccc34)ccc1-2. The van der Waals surface area contributed by atoms with Crippen molar-refractivity contribution in [1.82, 2.24) is 0 Å². The number of furan rings is 4. The molecule has 0 spiro atoms. The van der Waals surface area contributed by atoms with E-state index in [0.717, 1.165) is 132 Å². The molecule has 0 atom stereocenters. The predicted molar refractivity (Wildman–Crippen MR) is 633 cm³/mol. The minimum atomic E-state index is 0.907. The first kappa shape index (κ1) is 85.3. The van der Waals surface area contributed by atoms with E-state index in [9.17, 15) is 0 Å². The van der Waals surface area contributed by atoms with Crippen molar-refractivity contribution < 1.29 is 17.7 Å². The van der Waals surface area contributed by atoms with E-state index in [4.69, 9.17) is 17.7 Å². The highest BCUT2D eigenvalue weighted by Crippen LogP contribution is 2.57. The molecule has 696 valence electrons. The average Bonchev–Trinajstić information content (AvgIpc) is 0.952. The summed E-state index contributed by atoms with van der Waals surface area (Å²) in [5.41, 5.74) is 50.7. The van der Waals surface area contributed by atoms with Crippen molar-refractivity contribution >= 4 is 151 Å². The van der Waals surface area contributed by atoms with Crippen LogP contribution in [0.15, 0.2) is 527 Å². The fourth-order valence-corrected chi connectivity index (χ4v) is 26.8. The van der Waals surface area contributed by atoms with Crippen molar-refractivity contribution in [3.05, 3.63) is 510 Å². The summed E-state index contributed by atoms with van der Waals surface area (Å²) in [6, 6.07) is 185. The Labute approximate surface area is 871 Å². The number of benzene rings is 24. The van der Waals surface area contributed by atoms with Crippen LogP contribution in [-0.2, 0) is 0 Å². The maximum absolute atomic E-state index is 6.52. The third-order valence-corrected chi connectivity index (χ3v) is 33.8. The lowest BCUT2D eigenvalue weighted by Gasteiger charge is -2.24. The summed E-state index contributed by atoms with van der Waals surface area (Å²) in [7, 11) is 0. The van der Waals surface area contributed by atoms with Crippen molar-refractivity contribution in [3.63, 3.8) is 0 Å². The molecule has 150 heavy (non-hydrogen) atoms. The quantitative estimate of drug-likeness (QED) is 0.166. The predicted octanol–water partition coefficient (Wildman–Crippen LogP) is 42.3. The molecule has 0 saturated carbocycles. The molecule has 3 aliphatic carbocycles. The van der Waals surface area contributed by atoms with Gasteiger partial charge in [-0.25, -0.2) is 0 Å². The van der Waals surface area contributed by atoms with Crippen LogP contribution in [0.5, 0.6) is 0 Å². The number of rotatable bonds is 6. The van der Waals surface area contributed by atoms with E-state index in [2.05, 4.69) is 473 Å². The van der Waals surface area contributed by atoms with Gasteiger partial charge in [0.25, 0.3) is 0 Å². The van der Waals surface area contributed by atoms with E-state index in [1.165, 1.54) is 196 Å². The topological polar surface area (TPSA) is 52.6 Å². The number of thiophene rings is 2. The van der Waals surface area contributed by atoms with Crippen LogP contribution in [-0.4, -0.2) is 0 Å². The van der Waals surface area contributed by atoms with Crippen LogP contribution in [0.4, 0.5) is 0 Å². The number of hydrogen-bond donors (Lipinski definition) is 0. The third kappa shape index (κ3) is 13.6. The molecule has 0 saturated heterocycles. The average molecular weight is 1940 g/mol. The monoisotopic (exact) mass is 1940 g/mol. The van der Waals surface area contributed by atoms with Crippen LogP contribution in [0.3, 0.4) is 0 Å². The van der Waals surface area contributed by atoms with E-state index in [-0.39, 0.29) is 0 Å². The molecule has 6 aromatic heterocycles. The van der Waals surface area contributed by atoms with Crippen LogP contribution >= 0.6 is 22.7 Å². The molecule has 33 rings (SSSR count). The molecule has 0 radical (unpaired) electrons. The minimum Gasteiger partial charge on any atom is -0.455 e. The molecule has 0 unspecified atom stereocenters. The van der Waals surface area contributed by atoms with Crippen molar-refractivity contribution in [2.75, 3.05) is 0 Å². The summed E-state index contributed by atoms with van der Waals surface area (Å²) in [6.07, 6.45) is 0. The Kier molecular flexibility index (Phi) is 19.5. The summed E-state index contributed by atoms with van der Waals surface area (Å²) in [6.45, 7) is 0. The lowest BCUT2D eigenvalue weighted by atomic mass is 9.79. The highest BCUT2D eigenvalue weighted by molar-refractivity contribution is 7.26. The maximum Gasteiger partial charge on any atom is 0.143 e. The number of para-hydroxylation sites is 8. The van der Waals surface area contributed by atoms with Gasteiger partial charge >= 0.3 is 0 Å². The molecule has 6 heteroatoms. The molecule has 0 bridgehead atoms.